The second kappa shape index (κ2) is 13.2. The number of aromatic nitrogens is 4. The van der Waals surface area contributed by atoms with Crippen LogP contribution in [0.1, 0.15) is 56.9 Å². The number of fused-ring (bicyclic) bond motifs is 2. The number of nitrogens with zero attached hydrogens (tertiary/aromatic N) is 6. The highest BCUT2D eigenvalue weighted by Crippen LogP contribution is 2.53. The van der Waals surface area contributed by atoms with Gasteiger partial charge in [0.05, 0.1) is 11.7 Å². The summed E-state index contributed by atoms with van der Waals surface area (Å²) in [5.74, 6) is -2.03. The Morgan fingerprint density at radius 2 is 1.79 bits per heavy atom. The van der Waals surface area contributed by atoms with Crippen LogP contribution >= 0.6 is 0 Å². The molecule has 4 aromatic rings. The fourth-order valence-corrected chi connectivity index (χ4v) is 8.10. The van der Waals surface area contributed by atoms with Crippen LogP contribution in [0.2, 0.25) is 0 Å². The molecule has 1 amide bonds. The van der Waals surface area contributed by atoms with Crippen molar-refractivity contribution in [3.05, 3.63) is 48.2 Å². The van der Waals surface area contributed by atoms with E-state index in [9.17, 15) is 22.4 Å². The van der Waals surface area contributed by atoms with Crippen LogP contribution < -0.4 is 14.4 Å². The number of benzene rings is 2. The van der Waals surface area contributed by atoms with Gasteiger partial charge in [0, 0.05) is 66.6 Å². The minimum Gasteiger partial charge on any atom is -0.481 e. The van der Waals surface area contributed by atoms with Gasteiger partial charge in [-0.05, 0) is 74.8 Å². The van der Waals surface area contributed by atoms with E-state index in [1.54, 1.807) is 6.07 Å². The van der Waals surface area contributed by atoms with Gasteiger partial charge in [-0.2, -0.15) is 28.2 Å². The molecule has 10 nitrogen and oxygen atoms in total. The molecule has 3 aliphatic heterocycles. The number of ether oxygens (including phenoxy) is 2. The molecule has 4 fully saturated rings. The van der Waals surface area contributed by atoms with Gasteiger partial charge in [0.25, 0.3) is 5.91 Å². The molecule has 52 heavy (non-hydrogen) atoms. The summed E-state index contributed by atoms with van der Waals surface area (Å²) in [5.41, 5.74) is 1.22. The van der Waals surface area contributed by atoms with Gasteiger partial charge in [0.1, 0.15) is 23.3 Å². The first-order valence-electron chi connectivity index (χ1n) is 17.9. The van der Waals surface area contributed by atoms with Gasteiger partial charge in [0.2, 0.25) is 0 Å². The molecule has 8 rings (SSSR count). The number of alkyl halides is 3. The lowest BCUT2D eigenvalue weighted by atomic mass is 9.72. The first kappa shape index (κ1) is 34.6. The Hall–Kier alpha value is -4.53. The summed E-state index contributed by atoms with van der Waals surface area (Å²) in [6.07, 6.45) is 1.03. The van der Waals surface area contributed by atoms with E-state index >= 15 is 4.39 Å². The Balaban J connectivity index is 1.26. The summed E-state index contributed by atoms with van der Waals surface area (Å²) < 4.78 is 83.5. The van der Waals surface area contributed by atoms with Crippen LogP contribution in [-0.4, -0.2) is 101 Å². The molecule has 0 atom stereocenters. The highest BCUT2D eigenvalue weighted by atomic mass is 19.4. The molecule has 0 unspecified atom stereocenters. The van der Waals surface area contributed by atoms with Crippen LogP contribution in [0.15, 0.2) is 36.8 Å². The minimum absolute atomic E-state index is 0.0156. The molecule has 2 aromatic heterocycles. The highest BCUT2D eigenvalue weighted by Gasteiger charge is 2.47. The topological polar surface area (TPSA) is 99.7 Å². The highest BCUT2D eigenvalue weighted by molar-refractivity contribution is 6.05. The molecule has 15 heteroatoms. The Morgan fingerprint density at radius 3 is 2.44 bits per heavy atom. The second-order valence-electron chi connectivity index (χ2n) is 14.6. The third-order valence-electron chi connectivity index (χ3n) is 11.1. The van der Waals surface area contributed by atoms with E-state index in [1.807, 2.05) is 6.07 Å². The number of halogens is 5. The summed E-state index contributed by atoms with van der Waals surface area (Å²) in [4.78, 5) is 27.7. The number of anilines is 1. The van der Waals surface area contributed by atoms with Gasteiger partial charge in [-0.3, -0.25) is 9.89 Å². The van der Waals surface area contributed by atoms with E-state index in [-0.39, 0.29) is 45.8 Å². The van der Waals surface area contributed by atoms with Crippen molar-refractivity contribution in [1.29, 1.82) is 0 Å². The van der Waals surface area contributed by atoms with E-state index in [0.717, 1.165) is 45.3 Å². The lowest BCUT2D eigenvalue weighted by Gasteiger charge is -2.54. The number of hydrogen-bond acceptors (Lipinski definition) is 8. The van der Waals surface area contributed by atoms with Crippen molar-refractivity contribution in [2.45, 2.75) is 63.6 Å². The van der Waals surface area contributed by atoms with E-state index in [4.69, 9.17) is 19.4 Å². The maximum atomic E-state index is 16.0. The zero-order chi connectivity index (χ0) is 36.4. The Labute approximate surface area is 296 Å². The fraction of sp³-hybridized carbons (Fsp3) is 0.514. The zero-order valence-electron chi connectivity index (χ0n) is 28.9. The maximum Gasteiger partial charge on any atom is 0.422 e. The first-order chi connectivity index (χ1) is 24.9. The molecule has 1 aliphatic carbocycles. The van der Waals surface area contributed by atoms with E-state index < -0.39 is 30.3 Å². The van der Waals surface area contributed by atoms with Gasteiger partial charge >= 0.3 is 12.2 Å². The monoisotopic (exact) mass is 725 g/mol. The van der Waals surface area contributed by atoms with Gasteiger partial charge in [0.15, 0.2) is 18.2 Å². The molecular formula is C37H40F5N7O3. The Kier molecular flexibility index (Phi) is 8.74. The van der Waals surface area contributed by atoms with Crippen LogP contribution in [0.5, 0.6) is 11.8 Å². The third-order valence-corrected chi connectivity index (χ3v) is 11.1. The lowest BCUT2D eigenvalue weighted by Crippen LogP contribution is -2.62. The van der Waals surface area contributed by atoms with Crippen molar-refractivity contribution >= 4 is 33.5 Å². The van der Waals surface area contributed by atoms with Crippen molar-refractivity contribution in [3.8, 4) is 22.9 Å². The molecular weight excluding hydrogens is 685 g/mol. The SMILES string of the molecule is C=C(F)C(=O)N1CC2(CCN(c3nc(OC4CCN(CC)CC4)nc4c(OCC(F)(F)F)c(-c5c(F)ccc6cn[nH]c56)c(C5CC5)cc34)CC2)C1. The number of likely N-dealkylation sites (tertiary alicyclic amines) is 2. The molecule has 276 valence electrons. The second-order valence-corrected chi connectivity index (χ2v) is 14.6. The number of nitrogens with one attached hydrogen (secondary N) is 1. The number of hydrogen-bond donors (Lipinski definition) is 1. The number of carbonyl (C=O) groups excluding carboxylic acids is 1. The Morgan fingerprint density at radius 1 is 1.06 bits per heavy atom. The van der Waals surface area contributed by atoms with E-state index in [1.165, 1.54) is 17.2 Å². The number of rotatable bonds is 9. The van der Waals surface area contributed by atoms with Crippen molar-refractivity contribution in [3.63, 3.8) is 0 Å². The summed E-state index contributed by atoms with van der Waals surface area (Å²) in [7, 11) is 0. The molecule has 0 bridgehead atoms. The van der Waals surface area contributed by atoms with Crippen molar-refractivity contribution < 1.29 is 36.2 Å². The van der Waals surface area contributed by atoms with Gasteiger partial charge in [-0.15, -0.1) is 0 Å². The molecule has 4 aliphatic rings. The normalized spacial score (nSPS) is 19.7. The fourth-order valence-electron chi connectivity index (χ4n) is 8.10. The van der Waals surface area contributed by atoms with E-state index in [0.29, 0.717) is 66.7 Å². The number of carbonyl (C=O) groups is 1. The quantitative estimate of drug-likeness (QED) is 0.147. The van der Waals surface area contributed by atoms with Crippen LogP contribution in [0.4, 0.5) is 27.8 Å². The van der Waals surface area contributed by atoms with Crippen LogP contribution in [0, 0.1) is 11.2 Å². The van der Waals surface area contributed by atoms with Gasteiger partial charge in [-0.25, -0.2) is 8.78 Å². The predicted molar refractivity (Wildman–Crippen MR) is 185 cm³/mol. The molecule has 3 saturated heterocycles. The van der Waals surface area contributed by atoms with Crippen LogP contribution in [0.25, 0.3) is 32.9 Å². The van der Waals surface area contributed by atoms with Crippen LogP contribution in [-0.2, 0) is 4.79 Å². The number of piperidine rings is 2. The van der Waals surface area contributed by atoms with Gasteiger partial charge in [-0.1, -0.05) is 13.5 Å². The molecule has 5 heterocycles. The zero-order valence-corrected chi connectivity index (χ0v) is 28.9. The first-order valence-corrected chi connectivity index (χ1v) is 17.9. The standard InChI is InChI=1S/C37H40F5N7O3/c1-3-47-12-8-24(9-13-47)52-35-44-31-26(33(45-35)48-14-10-36(11-15-48)18-49(19-36)34(50)21(2)38)16-25(22-4-5-22)28(32(31)51-20-37(40,41)42)29-27(39)7-6-23-17-43-46-30(23)29/h6-7,16-17,22,24H,2-5,8-15,18-20H2,1H3,(H,43,46). The average Bonchev–Trinajstić information content (AvgIpc) is 3.85. The minimum atomic E-state index is -4.69. The summed E-state index contributed by atoms with van der Waals surface area (Å²) in [5, 5.41) is 8.03. The number of H-pyrrole nitrogens is 1. The van der Waals surface area contributed by atoms with E-state index in [2.05, 4.69) is 33.5 Å². The van der Waals surface area contributed by atoms with Crippen molar-refractivity contribution in [2.75, 3.05) is 57.3 Å². The predicted octanol–water partition coefficient (Wildman–Crippen LogP) is 6.91. The summed E-state index contributed by atoms with van der Waals surface area (Å²) in [6.45, 7) is 8.10. The summed E-state index contributed by atoms with van der Waals surface area (Å²) in [6, 6.07) is 4.75. The number of amides is 1. The largest absolute Gasteiger partial charge is 0.481 e. The van der Waals surface area contributed by atoms with Crippen molar-refractivity contribution in [1.82, 2.24) is 30.0 Å². The summed E-state index contributed by atoms with van der Waals surface area (Å²) >= 11 is 0. The molecule has 0 radical (unpaired) electrons. The van der Waals surface area contributed by atoms with Gasteiger partial charge < -0.3 is 24.2 Å². The molecule has 1 N–H and O–H groups in total. The third kappa shape index (κ3) is 6.52. The van der Waals surface area contributed by atoms with Crippen molar-refractivity contribution in [2.24, 2.45) is 5.41 Å². The molecule has 1 saturated carbocycles. The maximum absolute atomic E-state index is 16.0. The smallest absolute Gasteiger partial charge is 0.422 e. The number of aromatic amines is 1. The van der Waals surface area contributed by atoms with Crippen LogP contribution in [0.3, 0.4) is 0 Å². The Bertz CT molecular complexity index is 2020. The lowest BCUT2D eigenvalue weighted by molar-refractivity contribution is -0.153. The average molecular weight is 726 g/mol. The molecule has 2 aromatic carbocycles. The molecule has 1 spiro atoms.